The van der Waals surface area contributed by atoms with Gasteiger partial charge in [-0.1, -0.05) is 0 Å². The number of rotatable bonds is 5. The summed E-state index contributed by atoms with van der Waals surface area (Å²) in [5.74, 6) is 0.596. The summed E-state index contributed by atoms with van der Waals surface area (Å²) in [4.78, 5) is 13.4. The van der Waals surface area contributed by atoms with Crippen LogP contribution >= 0.6 is 22.6 Å². The molecule has 1 aliphatic carbocycles. The Morgan fingerprint density at radius 2 is 2.19 bits per heavy atom. The lowest BCUT2D eigenvalue weighted by Crippen LogP contribution is -2.39. The number of benzene rings is 1. The zero-order valence-electron chi connectivity index (χ0n) is 11.9. The van der Waals surface area contributed by atoms with Crippen LogP contribution in [0.15, 0.2) is 18.2 Å². The summed E-state index contributed by atoms with van der Waals surface area (Å²) in [6.45, 7) is 3.06. The normalized spacial score (nSPS) is 22.0. The van der Waals surface area contributed by atoms with Gasteiger partial charge in [-0.3, -0.25) is 10.1 Å². The van der Waals surface area contributed by atoms with Gasteiger partial charge in [-0.25, -0.2) is 0 Å². The highest BCUT2D eigenvalue weighted by atomic mass is 127. The van der Waals surface area contributed by atoms with Crippen LogP contribution in [0.25, 0.3) is 0 Å². The number of nitrogens with one attached hydrogen (secondary N) is 1. The molecule has 0 radical (unpaired) electrons. The second-order valence-corrected chi connectivity index (χ2v) is 7.23. The van der Waals surface area contributed by atoms with Crippen LogP contribution in [-0.4, -0.2) is 30.6 Å². The van der Waals surface area contributed by atoms with Crippen LogP contribution in [0.4, 0.5) is 11.4 Å². The van der Waals surface area contributed by atoms with Gasteiger partial charge >= 0.3 is 0 Å². The van der Waals surface area contributed by atoms with Crippen LogP contribution in [0, 0.1) is 19.6 Å². The van der Waals surface area contributed by atoms with E-state index in [2.05, 4.69) is 32.8 Å². The van der Waals surface area contributed by atoms with Crippen molar-refractivity contribution in [1.29, 1.82) is 0 Å². The van der Waals surface area contributed by atoms with Gasteiger partial charge < -0.3 is 10.2 Å². The van der Waals surface area contributed by atoms with E-state index in [0.29, 0.717) is 12.0 Å². The lowest BCUT2D eigenvalue weighted by molar-refractivity contribution is -0.384. The van der Waals surface area contributed by atoms with E-state index >= 15 is 0 Å². The van der Waals surface area contributed by atoms with E-state index in [9.17, 15) is 10.1 Å². The molecule has 0 spiro atoms. The van der Waals surface area contributed by atoms with Gasteiger partial charge in [0.15, 0.2) is 0 Å². The summed E-state index contributed by atoms with van der Waals surface area (Å²) in [5.41, 5.74) is 1.05. The minimum absolute atomic E-state index is 0.244. The Morgan fingerprint density at radius 1 is 1.38 bits per heavy atom. The summed E-state index contributed by atoms with van der Waals surface area (Å²) in [6, 6.07) is 6.07. The smallest absolute Gasteiger partial charge is 0.293 e. The summed E-state index contributed by atoms with van der Waals surface area (Å²) in [7, 11) is 0. The first-order valence-electron chi connectivity index (χ1n) is 7.56. The fourth-order valence-electron chi connectivity index (χ4n) is 3.07. The van der Waals surface area contributed by atoms with Crippen molar-refractivity contribution >= 4 is 34.0 Å². The summed E-state index contributed by atoms with van der Waals surface area (Å²) < 4.78 is 0.915. The first-order valence-corrected chi connectivity index (χ1v) is 8.64. The Labute approximate surface area is 138 Å². The van der Waals surface area contributed by atoms with Crippen molar-refractivity contribution in [2.75, 3.05) is 24.5 Å². The molecule has 21 heavy (non-hydrogen) atoms. The average molecular weight is 401 g/mol. The number of hydrogen-bond donors (Lipinski definition) is 1. The van der Waals surface area contributed by atoms with Gasteiger partial charge in [0.05, 0.1) is 4.92 Å². The van der Waals surface area contributed by atoms with Gasteiger partial charge in [-0.15, -0.1) is 0 Å². The maximum absolute atomic E-state index is 11.4. The molecule has 3 rings (SSSR count). The van der Waals surface area contributed by atoms with Gasteiger partial charge in [-0.05, 0) is 79.4 Å². The highest BCUT2D eigenvalue weighted by molar-refractivity contribution is 14.1. The number of nitro groups is 1. The number of piperidine rings is 1. The lowest BCUT2D eigenvalue weighted by Gasteiger charge is -2.31. The molecule has 1 atom stereocenters. The number of anilines is 1. The number of nitrogens with zero attached hydrogens (tertiary/aromatic N) is 2. The molecule has 1 saturated carbocycles. The predicted molar refractivity (Wildman–Crippen MR) is 91.8 cm³/mol. The van der Waals surface area contributed by atoms with E-state index < -0.39 is 0 Å². The van der Waals surface area contributed by atoms with Gasteiger partial charge in [0.1, 0.15) is 5.69 Å². The van der Waals surface area contributed by atoms with Crippen molar-refractivity contribution in [2.45, 2.75) is 31.7 Å². The topological polar surface area (TPSA) is 58.4 Å². The zero-order valence-corrected chi connectivity index (χ0v) is 14.1. The van der Waals surface area contributed by atoms with Crippen LogP contribution in [0.1, 0.15) is 25.7 Å². The third kappa shape index (κ3) is 3.66. The Balaban J connectivity index is 1.85. The maximum Gasteiger partial charge on any atom is 0.293 e. The van der Waals surface area contributed by atoms with Crippen molar-refractivity contribution in [3.05, 3.63) is 31.9 Å². The molecule has 0 bridgehead atoms. The highest BCUT2D eigenvalue weighted by Gasteiger charge is 2.34. The third-order valence-corrected chi connectivity index (χ3v) is 4.96. The van der Waals surface area contributed by atoms with Gasteiger partial charge in [0, 0.05) is 22.2 Å². The zero-order chi connectivity index (χ0) is 14.8. The molecule has 1 aliphatic heterocycles. The Morgan fingerprint density at radius 3 is 2.81 bits per heavy atom. The van der Waals surface area contributed by atoms with E-state index in [0.717, 1.165) is 41.7 Å². The molecule has 2 aliphatic rings. The van der Waals surface area contributed by atoms with E-state index in [4.69, 9.17) is 0 Å². The quantitative estimate of drug-likeness (QED) is 0.468. The molecule has 6 heteroatoms. The molecule has 0 aromatic heterocycles. The maximum atomic E-state index is 11.4. The highest BCUT2D eigenvalue weighted by Crippen LogP contribution is 2.38. The summed E-state index contributed by atoms with van der Waals surface area (Å²) in [6.07, 6.45) is 4.74. The van der Waals surface area contributed by atoms with Gasteiger partial charge in [-0.2, -0.15) is 0 Å². The second kappa shape index (κ2) is 6.48. The summed E-state index contributed by atoms with van der Waals surface area (Å²) in [5, 5.41) is 14.8. The SMILES string of the molecule is O=[N+]([O-])c1cc(I)ccc1N(CC1CCCNC1)C1CC1. The standard InChI is InChI=1S/C15H20IN3O2/c16-12-3-6-14(15(8-12)19(20)21)18(13-4-5-13)10-11-2-1-7-17-9-11/h3,6,8,11,13,17H,1-2,4-5,7,9-10H2. The van der Waals surface area contributed by atoms with E-state index in [1.54, 1.807) is 6.07 Å². The second-order valence-electron chi connectivity index (χ2n) is 5.99. The van der Waals surface area contributed by atoms with Crippen LogP contribution in [0.3, 0.4) is 0 Å². The molecule has 2 fully saturated rings. The van der Waals surface area contributed by atoms with Crippen LogP contribution in [-0.2, 0) is 0 Å². The largest absolute Gasteiger partial charge is 0.363 e. The van der Waals surface area contributed by atoms with Crippen molar-refractivity contribution in [3.8, 4) is 0 Å². The molecule has 1 unspecified atom stereocenters. The van der Waals surface area contributed by atoms with Gasteiger partial charge in [0.25, 0.3) is 5.69 Å². The molecule has 0 amide bonds. The van der Waals surface area contributed by atoms with E-state index in [1.807, 2.05) is 12.1 Å². The molecule has 1 heterocycles. The predicted octanol–water partition coefficient (Wildman–Crippen LogP) is 3.17. The number of hydrogen-bond acceptors (Lipinski definition) is 4. The monoisotopic (exact) mass is 401 g/mol. The summed E-state index contributed by atoms with van der Waals surface area (Å²) >= 11 is 2.13. The van der Waals surface area contributed by atoms with Crippen molar-refractivity contribution in [3.63, 3.8) is 0 Å². The van der Waals surface area contributed by atoms with E-state index in [-0.39, 0.29) is 10.6 Å². The fourth-order valence-corrected chi connectivity index (χ4v) is 3.55. The van der Waals surface area contributed by atoms with Crippen molar-refractivity contribution in [1.82, 2.24) is 5.32 Å². The Bertz CT molecular complexity index is 528. The molecular formula is C15H20IN3O2. The molecule has 1 aromatic rings. The Kier molecular flexibility index (Phi) is 4.63. The van der Waals surface area contributed by atoms with Crippen LogP contribution in [0.2, 0.25) is 0 Å². The number of halogens is 1. The van der Waals surface area contributed by atoms with Crippen molar-refractivity contribution in [2.24, 2.45) is 5.92 Å². The fraction of sp³-hybridized carbons (Fsp3) is 0.600. The minimum Gasteiger partial charge on any atom is -0.363 e. The van der Waals surface area contributed by atoms with Crippen LogP contribution < -0.4 is 10.2 Å². The third-order valence-electron chi connectivity index (χ3n) is 4.29. The molecule has 1 saturated heterocycles. The molecular weight excluding hydrogens is 381 g/mol. The minimum atomic E-state index is -0.244. The lowest BCUT2D eigenvalue weighted by atomic mass is 9.98. The molecule has 114 valence electrons. The van der Waals surface area contributed by atoms with Gasteiger partial charge in [0.2, 0.25) is 0 Å². The van der Waals surface area contributed by atoms with Crippen molar-refractivity contribution < 1.29 is 4.92 Å². The molecule has 1 N–H and O–H groups in total. The molecule has 5 nitrogen and oxygen atoms in total. The Hall–Kier alpha value is -0.890. The van der Waals surface area contributed by atoms with E-state index in [1.165, 1.54) is 12.8 Å². The first-order chi connectivity index (χ1) is 10.1. The first kappa shape index (κ1) is 15.0. The molecule has 1 aromatic carbocycles. The number of nitro benzene ring substituents is 1. The van der Waals surface area contributed by atoms with Crippen LogP contribution in [0.5, 0.6) is 0 Å². The average Bonchev–Trinajstić information content (AvgIpc) is 3.31.